The maximum Gasteiger partial charge on any atom is 2.00 e. The quantitative estimate of drug-likeness (QED) is 0.0918. The Bertz CT molecular complexity index is 1140. The summed E-state index contributed by atoms with van der Waals surface area (Å²) in [6.45, 7) is 2.23. The van der Waals surface area contributed by atoms with Crippen LogP contribution < -0.4 is 0 Å². The van der Waals surface area contributed by atoms with Gasteiger partial charge in [-0.25, -0.2) is 4.57 Å². The van der Waals surface area contributed by atoms with Crippen LogP contribution in [0.15, 0.2) is 36.4 Å². The second-order valence-corrected chi connectivity index (χ2v) is 12.7. The van der Waals surface area contributed by atoms with Crippen LogP contribution in [0.25, 0.3) is 0 Å². The van der Waals surface area contributed by atoms with E-state index in [2.05, 4.69) is 0 Å². The minimum absolute atomic E-state index is 0. The normalized spacial score (nSPS) is 15.2. The van der Waals surface area contributed by atoms with Crippen LogP contribution in [0.5, 0.6) is 11.5 Å². The van der Waals surface area contributed by atoms with E-state index in [1.54, 1.807) is 13.0 Å². The Hall–Kier alpha value is -1.30. The molecule has 3 unspecified atom stereocenters. The summed E-state index contributed by atoms with van der Waals surface area (Å²) in [5.74, 6) is -2.66. The standard InChI is InChI=1S/C23H36N2O10P2.Fe/c1-3-23(37(33,34)35)25(13-20-10-17(14-26)5-7-21(20)28)9-8-24(16(2)36(30,31)32)12-19-6-4-18(15-27)11-22(19)29;/h4-7,10-11,16,23,26-29H,3,8-9,12-15H2,1-2H3,(H2,30,31,32)(H2,33,34,35);/q;+2/p+1. The van der Waals surface area contributed by atoms with Gasteiger partial charge in [0.05, 0.1) is 13.2 Å². The molecule has 0 bridgehead atoms. The van der Waals surface area contributed by atoms with Crippen LogP contribution >= 0.6 is 15.2 Å². The van der Waals surface area contributed by atoms with Gasteiger partial charge in [-0.15, -0.1) is 0 Å². The molecule has 0 saturated carbocycles. The van der Waals surface area contributed by atoms with E-state index in [0.717, 1.165) is 0 Å². The Morgan fingerprint density at radius 1 is 0.842 bits per heavy atom. The zero-order valence-electron chi connectivity index (χ0n) is 21.2. The van der Waals surface area contributed by atoms with Crippen LogP contribution in [0, 0.1) is 0 Å². The number of benzene rings is 2. The second-order valence-electron chi connectivity index (χ2n) is 8.92. The van der Waals surface area contributed by atoms with Gasteiger partial charge < -0.3 is 35.1 Å². The van der Waals surface area contributed by atoms with Crippen molar-refractivity contribution in [1.29, 1.82) is 0 Å². The van der Waals surface area contributed by atoms with E-state index in [1.807, 2.05) is 0 Å². The number of hydrogen-bond acceptors (Lipinski definition) is 8. The van der Waals surface area contributed by atoms with Crippen molar-refractivity contribution in [2.45, 2.75) is 58.1 Å². The number of aliphatic hydroxyl groups excluding tert-OH is 2. The van der Waals surface area contributed by atoms with E-state index in [4.69, 9.17) is 4.89 Å². The third-order valence-corrected chi connectivity index (χ3v) is 9.09. The Morgan fingerprint density at radius 2 is 1.37 bits per heavy atom. The molecular formula is C23H37FeN2O10P2+3. The van der Waals surface area contributed by atoms with Crippen molar-refractivity contribution in [2.75, 3.05) is 13.1 Å². The Morgan fingerprint density at radius 3 is 1.87 bits per heavy atom. The third-order valence-electron chi connectivity index (χ3n) is 6.29. The molecule has 0 spiro atoms. The van der Waals surface area contributed by atoms with Gasteiger partial charge in [0.1, 0.15) is 17.3 Å². The number of rotatable bonds is 14. The summed E-state index contributed by atoms with van der Waals surface area (Å²) in [5.41, 5.74) is 1.69. The summed E-state index contributed by atoms with van der Waals surface area (Å²) in [4.78, 5) is 40.5. The predicted molar refractivity (Wildman–Crippen MR) is 138 cm³/mol. The van der Waals surface area contributed by atoms with Crippen LogP contribution in [-0.2, 0) is 52.5 Å². The average molecular weight is 619 g/mol. The predicted octanol–water partition coefficient (Wildman–Crippen LogP) is 1.55. The average Bonchev–Trinajstić information content (AvgIpc) is 2.82. The first kappa shape index (κ1) is 34.7. The molecule has 0 aliphatic carbocycles. The van der Waals surface area contributed by atoms with Gasteiger partial charge in [0, 0.05) is 37.3 Å². The van der Waals surface area contributed by atoms with Gasteiger partial charge in [-0.1, -0.05) is 25.1 Å². The summed E-state index contributed by atoms with van der Waals surface area (Å²) in [6, 6.07) is 8.93. The Kier molecular flexibility index (Phi) is 13.6. The van der Waals surface area contributed by atoms with Crippen molar-refractivity contribution < 1.29 is 66.2 Å². The molecule has 2 aromatic rings. The molecule has 3 atom stereocenters. The minimum Gasteiger partial charge on any atom is -0.508 e. The van der Waals surface area contributed by atoms with Gasteiger partial charge in [0.25, 0.3) is 0 Å². The fourth-order valence-electron chi connectivity index (χ4n) is 4.07. The zero-order valence-corrected chi connectivity index (χ0v) is 24.1. The maximum atomic E-state index is 12.4. The SMILES string of the molecule is CCC(N(CCN(Cc1ccc(CO)cc1O)C(C)P(=O)(O)O)Cc1cc(CO)ccc1O)P(=O)(O)[OH2+].[Fe+2]. The Balaban J connectivity index is 0.00000722. The van der Waals surface area contributed by atoms with Gasteiger partial charge in [0.15, 0.2) is 5.78 Å². The second kappa shape index (κ2) is 14.9. The fourth-order valence-corrected chi connectivity index (χ4v) is 5.83. The molecule has 2 rings (SSSR count). The van der Waals surface area contributed by atoms with Crippen LogP contribution in [0.2, 0.25) is 0 Å². The molecule has 9 N–H and O–H groups in total. The molecule has 214 valence electrons. The van der Waals surface area contributed by atoms with E-state index >= 15 is 0 Å². The monoisotopic (exact) mass is 619 g/mol. The third kappa shape index (κ3) is 9.71. The zero-order chi connectivity index (χ0) is 28.0. The molecule has 0 fully saturated rings. The molecule has 0 amide bonds. The smallest absolute Gasteiger partial charge is 0.508 e. The fraction of sp³-hybridized carbons (Fsp3) is 0.478. The van der Waals surface area contributed by atoms with E-state index < -0.39 is 26.8 Å². The number of hydrogen-bond donors (Lipinski definition) is 7. The maximum absolute atomic E-state index is 12.4. The molecule has 2 aromatic carbocycles. The van der Waals surface area contributed by atoms with Gasteiger partial charge in [-0.05, 0) is 42.7 Å². The van der Waals surface area contributed by atoms with Crippen LogP contribution in [-0.4, -0.2) is 74.5 Å². The van der Waals surface area contributed by atoms with Gasteiger partial charge in [0.2, 0.25) is 0 Å². The number of aliphatic hydroxyl groups is 2. The topological polar surface area (TPSA) is 205 Å². The minimum atomic E-state index is -4.61. The number of nitrogens with zero attached hydrogens (tertiary/aromatic N) is 2. The van der Waals surface area contributed by atoms with E-state index in [0.29, 0.717) is 22.3 Å². The number of aromatic hydroxyl groups is 2. The Labute approximate surface area is 232 Å². The molecule has 0 radical (unpaired) electrons. The molecule has 38 heavy (non-hydrogen) atoms. The molecule has 0 aliphatic heterocycles. The van der Waals surface area contributed by atoms with Crippen LogP contribution in [0.4, 0.5) is 0 Å². The largest absolute Gasteiger partial charge is 2.00 e. The number of phenolic OH excluding ortho intramolecular Hbond substituents is 2. The molecule has 0 heterocycles. The van der Waals surface area contributed by atoms with Gasteiger partial charge in [-0.2, -0.15) is 0 Å². The molecule has 12 nitrogen and oxygen atoms in total. The summed E-state index contributed by atoms with van der Waals surface area (Å²) in [7, 11) is -9.00. The summed E-state index contributed by atoms with van der Waals surface area (Å²) in [5, 5.41) is 39.4. The van der Waals surface area contributed by atoms with Crippen LogP contribution in [0.1, 0.15) is 42.5 Å². The van der Waals surface area contributed by atoms with Gasteiger partial charge >= 0.3 is 32.3 Å². The van der Waals surface area contributed by atoms with Crippen molar-refractivity contribution in [2.24, 2.45) is 0 Å². The molecule has 0 aliphatic rings. The molecular weight excluding hydrogens is 582 g/mol. The van der Waals surface area contributed by atoms with Crippen molar-refractivity contribution in [1.82, 2.24) is 9.80 Å². The van der Waals surface area contributed by atoms with E-state index in [9.17, 15) is 44.2 Å². The first-order valence-electron chi connectivity index (χ1n) is 11.6. The van der Waals surface area contributed by atoms with Crippen molar-refractivity contribution >= 4 is 15.2 Å². The first-order chi connectivity index (χ1) is 17.2. The first-order valence-corrected chi connectivity index (χ1v) is 15.1. The summed E-state index contributed by atoms with van der Waals surface area (Å²) in [6.07, 6.45) is 0.120. The number of phenols is 2. The van der Waals surface area contributed by atoms with Crippen molar-refractivity contribution in [3.63, 3.8) is 0 Å². The van der Waals surface area contributed by atoms with Crippen molar-refractivity contribution in [3.8, 4) is 11.5 Å². The van der Waals surface area contributed by atoms with Crippen LogP contribution in [0.3, 0.4) is 0 Å². The molecule has 0 saturated heterocycles. The summed E-state index contributed by atoms with van der Waals surface area (Å²) < 4.78 is 24.5. The van der Waals surface area contributed by atoms with Gasteiger partial charge in [-0.3, -0.25) is 19.3 Å². The molecule has 0 aromatic heterocycles. The van der Waals surface area contributed by atoms with E-state index in [-0.39, 0.29) is 74.4 Å². The van der Waals surface area contributed by atoms with Crippen molar-refractivity contribution in [3.05, 3.63) is 58.7 Å². The summed E-state index contributed by atoms with van der Waals surface area (Å²) >= 11 is 0. The van der Waals surface area contributed by atoms with E-state index in [1.165, 1.54) is 47.1 Å². The molecule has 15 heteroatoms.